The van der Waals surface area contributed by atoms with Crippen molar-refractivity contribution in [3.05, 3.63) is 23.8 Å². The molecular weight excluding hydrogens is 210 g/mol. The Morgan fingerprint density at radius 1 is 1.33 bits per heavy atom. The van der Waals surface area contributed by atoms with Crippen LogP contribution in [0.3, 0.4) is 0 Å². The van der Waals surface area contributed by atoms with Crippen molar-refractivity contribution in [1.82, 2.24) is 0 Å². The third-order valence-corrected chi connectivity index (χ3v) is 4.60. The first-order chi connectivity index (χ1) is 6.89. The van der Waals surface area contributed by atoms with Crippen LogP contribution in [0.1, 0.15) is 26.3 Å². The summed E-state index contributed by atoms with van der Waals surface area (Å²) in [5.74, 6) is 0. The molecule has 0 amide bonds. The van der Waals surface area contributed by atoms with E-state index in [9.17, 15) is 8.42 Å². The van der Waals surface area contributed by atoms with E-state index in [0.29, 0.717) is 10.6 Å². The topological polar surface area (TPSA) is 60.2 Å². The molecule has 0 aliphatic rings. The van der Waals surface area contributed by atoms with Gasteiger partial charge in [0.2, 0.25) is 0 Å². The van der Waals surface area contributed by atoms with E-state index < -0.39 is 15.1 Å². The number of hydrogen-bond donors (Lipinski definition) is 1. The van der Waals surface area contributed by atoms with Crippen LogP contribution in [0.2, 0.25) is 0 Å². The lowest BCUT2D eigenvalue weighted by Gasteiger charge is -2.10. The number of rotatable bonds is 3. The highest BCUT2D eigenvalue weighted by molar-refractivity contribution is 7.92. The van der Waals surface area contributed by atoms with Crippen molar-refractivity contribution >= 4 is 15.5 Å². The summed E-state index contributed by atoms with van der Waals surface area (Å²) in [5, 5.41) is -0.413. The molecule has 0 bridgehead atoms. The fourth-order valence-corrected chi connectivity index (χ4v) is 2.44. The fourth-order valence-electron chi connectivity index (χ4n) is 1.34. The Morgan fingerprint density at radius 3 is 2.33 bits per heavy atom. The number of hydrogen-bond acceptors (Lipinski definition) is 3. The molecule has 15 heavy (non-hydrogen) atoms. The van der Waals surface area contributed by atoms with E-state index in [-0.39, 0.29) is 0 Å². The molecule has 0 heterocycles. The second kappa shape index (κ2) is 4.23. The third-order valence-electron chi connectivity index (χ3n) is 2.45. The van der Waals surface area contributed by atoms with Crippen molar-refractivity contribution in [3.8, 4) is 0 Å². The molecule has 1 aromatic carbocycles. The first-order valence-corrected chi connectivity index (χ1v) is 6.56. The highest BCUT2D eigenvalue weighted by Crippen LogP contribution is 2.21. The summed E-state index contributed by atoms with van der Waals surface area (Å²) in [6.07, 6.45) is 0.813. The lowest BCUT2D eigenvalue weighted by Crippen LogP contribution is -2.14. The molecule has 0 aliphatic heterocycles. The minimum Gasteiger partial charge on any atom is -0.398 e. The molecule has 0 saturated carbocycles. The summed E-state index contributed by atoms with van der Waals surface area (Å²) < 4.78 is 23.7. The van der Waals surface area contributed by atoms with Gasteiger partial charge in [0.05, 0.1) is 10.1 Å². The number of nitrogen functional groups attached to an aromatic ring is 1. The van der Waals surface area contributed by atoms with E-state index in [0.717, 1.165) is 12.0 Å². The monoisotopic (exact) mass is 227 g/mol. The van der Waals surface area contributed by atoms with Crippen molar-refractivity contribution < 1.29 is 8.42 Å². The Morgan fingerprint density at radius 2 is 1.93 bits per heavy atom. The first kappa shape index (κ1) is 12.0. The Bertz CT molecular complexity index is 450. The molecule has 0 spiro atoms. The van der Waals surface area contributed by atoms with Gasteiger partial charge in [0.25, 0.3) is 0 Å². The number of benzene rings is 1. The van der Waals surface area contributed by atoms with Gasteiger partial charge >= 0.3 is 0 Å². The standard InChI is InChI=1S/C11H17NO2S/c1-4-9-5-6-10(7-11(9)12)15(13,14)8(2)3/h5-8H,4,12H2,1-3H3. The quantitative estimate of drug-likeness (QED) is 0.803. The van der Waals surface area contributed by atoms with Gasteiger partial charge in [0, 0.05) is 5.69 Å². The number of nitrogens with two attached hydrogens (primary N) is 1. The maximum Gasteiger partial charge on any atom is 0.180 e. The van der Waals surface area contributed by atoms with Crippen LogP contribution in [0.5, 0.6) is 0 Å². The smallest absolute Gasteiger partial charge is 0.180 e. The first-order valence-electron chi connectivity index (χ1n) is 5.02. The molecule has 0 atom stereocenters. The van der Waals surface area contributed by atoms with Crippen molar-refractivity contribution in [2.24, 2.45) is 0 Å². The van der Waals surface area contributed by atoms with Gasteiger partial charge in [-0.2, -0.15) is 0 Å². The van der Waals surface area contributed by atoms with Crippen LogP contribution < -0.4 is 5.73 Å². The molecule has 0 fully saturated rings. The molecule has 0 radical (unpaired) electrons. The van der Waals surface area contributed by atoms with Gasteiger partial charge in [-0.05, 0) is 38.0 Å². The van der Waals surface area contributed by atoms with Crippen molar-refractivity contribution in [2.75, 3.05) is 5.73 Å². The average molecular weight is 227 g/mol. The summed E-state index contributed by atoms with van der Waals surface area (Å²) in [5.41, 5.74) is 7.30. The lowest BCUT2D eigenvalue weighted by atomic mass is 10.1. The van der Waals surface area contributed by atoms with Gasteiger partial charge in [-0.25, -0.2) is 8.42 Å². The van der Waals surface area contributed by atoms with Crippen LogP contribution in [0.15, 0.2) is 23.1 Å². The molecule has 1 rings (SSSR count). The molecule has 1 aromatic rings. The minimum absolute atomic E-state index is 0.312. The van der Waals surface area contributed by atoms with Crippen LogP contribution in [0.25, 0.3) is 0 Å². The second-order valence-corrected chi connectivity index (χ2v) is 6.31. The summed E-state index contributed by atoms with van der Waals surface area (Å²) >= 11 is 0. The Hall–Kier alpha value is -1.03. The van der Waals surface area contributed by atoms with Crippen molar-refractivity contribution in [2.45, 2.75) is 37.3 Å². The largest absolute Gasteiger partial charge is 0.398 e. The van der Waals surface area contributed by atoms with Crippen molar-refractivity contribution in [3.63, 3.8) is 0 Å². The zero-order chi connectivity index (χ0) is 11.6. The van der Waals surface area contributed by atoms with E-state index in [4.69, 9.17) is 5.73 Å². The Balaban J connectivity index is 3.25. The van der Waals surface area contributed by atoms with Crippen LogP contribution in [-0.2, 0) is 16.3 Å². The molecule has 0 saturated heterocycles. The van der Waals surface area contributed by atoms with Crippen LogP contribution in [0.4, 0.5) is 5.69 Å². The lowest BCUT2D eigenvalue weighted by molar-refractivity contribution is 0.587. The average Bonchev–Trinajstić information content (AvgIpc) is 2.17. The van der Waals surface area contributed by atoms with Crippen LogP contribution in [0, 0.1) is 0 Å². The highest BCUT2D eigenvalue weighted by atomic mass is 32.2. The predicted octanol–water partition coefficient (Wildman–Crippen LogP) is 2.01. The molecule has 3 nitrogen and oxygen atoms in total. The normalized spacial score (nSPS) is 12.0. The zero-order valence-electron chi connectivity index (χ0n) is 9.32. The minimum atomic E-state index is -3.20. The summed E-state index contributed by atoms with van der Waals surface area (Å²) in [6.45, 7) is 5.32. The Kier molecular flexibility index (Phi) is 3.39. The SMILES string of the molecule is CCc1ccc(S(=O)(=O)C(C)C)cc1N. The van der Waals surface area contributed by atoms with E-state index in [1.54, 1.807) is 32.0 Å². The van der Waals surface area contributed by atoms with E-state index in [1.807, 2.05) is 6.92 Å². The second-order valence-electron chi connectivity index (χ2n) is 3.81. The maximum absolute atomic E-state index is 11.8. The van der Waals surface area contributed by atoms with Crippen LogP contribution in [-0.4, -0.2) is 13.7 Å². The van der Waals surface area contributed by atoms with Gasteiger partial charge in [-0.1, -0.05) is 13.0 Å². The maximum atomic E-state index is 11.8. The van der Waals surface area contributed by atoms with Gasteiger partial charge in [0.15, 0.2) is 9.84 Å². The van der Waals surface area contributed by atoms with E-state index >= 15 is 0 Å². The molecule has 2 N–H and O–H groups in total. The summed E-state index contributed by atoms with van der Waals surface area (Å²) in [4.78, 5) is 0.312. The zero-order valence-corrected chi connectivity index (χ0v) is 10.1. The summed E-state index contributed by atoms with van der Waals surface area (Å²) in [6, 6.07) is 4.96. The van der Waals surface area contributed by atoms with Crippen molar-refractivity contribution in [1.29, 1.82) is 0 Å². The predicted molar refractivity (Wildman–Crippen MR) is 62.6 cm³/mol. The van der Waals surface area contributed by atoms with Gasteiger partial charge < -0.3 is 5.73 Å². The number of sulfone groups is 1. The number of anilines is 1. The number of aryl methyl sites for hydroxylation is 1. The van der Waals surface area contributed by atoms with E-state index in [1.165, 1.54) is 0 Å². The molecule has 84 valence electrons. The fraction of sp³-hybridized carbons (Fsp3) is 0.455. The highest BCUT2D eigenvalue weighted by Gasteiger charge is 2.19. The van der Waals surface area contributed by atoms with Gasteiger partial charge in [0.1, 0.15) is 0 Å². The van der Waals surface area contributed by atoms with Gasteiger partial charge in [-0.15, -0.1) is 0 Å². The molecule has 0 unspecified atom stereocenters. The Labute approximate surface area is 91.2 Å². The van der Waals surface area contributed by atoms with Gasteiger partial charge in [-0.3, -0.25) is 0 Å². The summed E-state index contributed by atoms with van der Waals surface area (Å²) in [7, 11) is -3.20. The molecular formula is C11H17NO2S. The van der Waals surface area contributed by atoms with Crippen LogP contribution >= 0.6 is 0 Å². The molecule has 0 aromatic heterocycles. The third kappa shape index (κ3) is 2.31. The molecule has 4 heteroatoms. The molecule has 0 aliphatic carbocycles. The van der Waals surface area contributed by atoms with E-state index in [2.05, 4.69) is 0 Å².